The van der Waals surface area contributed by atoms with Gasteiger partial charge in [0.05, 0.1) is 23.2 Å². The van der Waals surface area contributed by atoms with E-state index < -0.39 is 32.7 Å². The second kappa shape index (κ2) is 7.25. The minimum Gasteiger partial charge on any atom is -0.278 e. The van der Waals surface area contributed by atoms with Crippen LogP contribution in [0.5, 0.6) is 0 Å². The molecule has 2 unspecified atom stereocenters. The van der Waals surface area contributed by atoms with Crippen molar-refractivity contribution in [3.05, 3.63) is 59.7 Å². The van der Waals surface area contributed by atoms with E-state index in [1.165, 1.54) is 12.1 Å². The van der Waals surface area contributed by atoms with Crippen LogP contribution in [0.2, 0.25) is 0 Å². The largest absolute Gasteiger partial charge is 0.497 e. The molecule has 10 heteroatoms. The standard InChI is InChI=1S/C17H16F3NO4S2/c1-12-6-8-15(9-7-12)27(23,24)21-11-14(25-26(22)17(18,19)20)10-13-4-2-3-5-16(13)21/h2-9,14H,10-11H2,1H3. The summed E-state index contributed by atoms with van der Waals surface area (Å²) in [6.45, 7) is 1.44. The Balaban J connectivity index is 1.98. The minimum atomic E-state index is -5.03. The van der Waals surface area contributed by atoms with E-state index in [0.717, 1.165) is 9.87 Å². The molecule has 2 atom stereocenters. The van der Waals surface area contributed by atoms with Gasteiger partial charge in [-0.05, 0) is 30.7 Å². The summed E-state index contributed by atoms with van der Waals surface area (Å²) in [6.07, 6.45) is -1.17. The maximum absolute atomic E-state index is 13.1. The van der Waals surface area contributed by atoms with E-state index in [0.29, 0.717) is 11.3 Å². The minimum absolute atomic E-state index is 0.0143. The van der Waals surface area contributed by atoms with Gasteiger partial charge in [0.25, 0.3) is 21.1 Å². The van der Waals surface area contributed by atoms with E-state index in [-0.39, 0.29) is 17.9 Å². The Morgan fingerprint density at radius 3 is 2.37 bits per heavy atom. The second-order valence-corrected chi connectivity index (χ2v) is 9.07. The van der Waals surface area contributed by atoms with Crippen molar-refractivity contribution in [1.29, 1.82) is 0 Å². The molecule has 2 aromatic rings. The first-order chi connectivity index (χ1) is 12.6. The fourth-order valence-electron chi connectivity index (χ4n) is 2.83. The third-order valence-electron chi connectivity index (χ3n) is 4.10. The lowest BCUT2D eigenvalue weighted by atomic mass is 10.0. The Morgan fingerprint density at radius 2 is 1.74 bits per heavy atom. The highest BCUT2D eigenvalue weighted by molar-refractivity contribution is 7.92. The van der Waals surface area contributed by atoms with Gasteiger partial charge in [-0.2, -0.15) is 13.2 Å². The maximum Gasteiger partial charge on any atom is 0.497 e. The SMILES string of the molecule is Cc1ccc(S(=O)(=O)N2CC(OS(=O)C(F)(F)F)Cc3ccccc32)cc1. The van der Waals surface area contributed by atoms with Gasteiger partial charge in [0, 0.05) is 6.42 Å². The molecule has 0 aromatic heterocycles. The summed E-state index contributed by atoms with van der Waals surface area (Å²) in [6, 6.07) is 12.6. The summed E-state index contributed by atoms with van der Waals surface area (Å²) in [5.74, 6) is 0. The summed E-state index contributed by atoms with van der Waals surface area (Å²) >= 11 is -3.52. The topological polar surface area (TPSA) is 63.7 Å². The molecule has 0 amide bonds. The van der Waals surface area contributed by atoms with Crippen molar-refractivity contribution in [3.8, 4) is 0 Å². The summed E-state index contributed by atoms with van der Waals surface area (Å²) in [5, 5.41) is 0. The Labute approximate surface area is 157 Å². The van der Waals surface area contributed by atoms with Gasteiger partial charge < -0.3 is 0 Å². The third-order valence-corrected chi connectivity index (χ3v) is 6.72. The number of hydrogen-bond donors (Lipinski definition) is 0. The molecule has 0 saturated carbocycles. The number of para-hydroxylation sites is 1. The maximum atomic E-state index is 13.1. The van der Waals surface area contributed by atoms with Crippen LogP contribution < -0.4 is 4.31 Å². The summed E-state index contributed by atoms with van der Waals surface area (Å²) < 4.78 is 80.8. The molecule has 5 nitrogen and oxygen atoms in total. The Bertz CT molecular complexity index is 959. The first kappa shape index (κ1) is 19.8. The van der Waals surface area contributed by atoms with Gasteiger partial charge in [-0.1, -0.05) is 35.9 Å². The van der Waals surface area contributed by atoms with Crippen LogP contribution in [0, 0.1) is 6.92 Å². The third kappa shape index (κ3) is 4.17. The summed E-state index contributed by atoms with van der Waals surface area (Å²) in [4.78, 5) is 0.0143. The molecule has 146 valence electrons. The van der Waals surface area contributed by atoms with Crippen LogP contribution in [0.3, 0.4) is 0 Å². The zero-order valence-corrected chi connectivity index (χ0v) is 15.8. The van der Waals surface area contributed by atoms with Gasteiger partial charge in [0.2, 0.25) is 0 Å². The van der Waals surface area contributed by atoms with E-state index in [2.05, 4.69) is 4.18 Å². The van der Waals surface area contributed by atoms with Crippen molar-refractivity contribution in [2.24, 2.45) is 0 Å². The molecule has 0 bridgehead atoms. The molecule has 3 rings (SSSR count). The van der Waals surface area contributed by atoms with Crippen molar-refractivity contribution in [1.82, 2.24) is 0 Å². The average molecular weight is 419 g/mol. The average Bonchev–Trinajstić information content (AvgIpc) is 2.60. The zero-order valence-electron chi connectivity index (χ0n) is 14.1. The highest BCUT2D eigenvalue weighted by atomic mass is 32.2. The Morgan fingerprint density at radius 1 is 1.11 bits per heavy atom. The van der Waals surface area contributed by atoms with E-state index in [4.69, 9.17) is 0 Å². The highest BCUT2D eigenvalue weighted by Gasteiger charge is 2.42. The zero-order chi connectivity index (χ0) is 19.8. The summed E-state index contributed by atoms with van der Waals surface area (Å²) in [7, 11) is -4.02. The van der Waals surface area contributed by atoms with Crippen LogP contribution in [0.15, 0.2) is 53.4 Å². The van der Waals surface area contributed by atoms with Crippen molar-refractivity contribution in [2.75, 3.05) is 10.8 Å². The van der Waals surface area contributed by atoms with Crippen LogP contribution in [0.4, 0.5) is 18.9 Å². The van der Waals surface area contributed by atoms with Gasteiger partial charge in [-0.15, -0.1) is 0 Å². The number of alkyl halides is 3. The number of aryl methyl sites for hydroxylation is 1. The van der Waals surface area contributed by atoms with Gasteiger partial charge in [0.1, 0.15) is 0 Å². The molecule has 0 aliphatic carbocycles. The molecule has 0 fully saturated rings. The van der Waals surface area contributed by atoms with Gasteiger partial charge in [-0.25, -0.2) is 12.6 Å². The van der Waals surface area contributed by atoms with Crippen LogP contribution in [0.25, 0.3) is 0 Å². The smallest absolute Gasteiger partial charge is 0.278 e. The van der Waals surface area contributed by atoms with Crippen LogP contribution in [-0.2, 0) is 31.7 Å². The number of anilines is 1. The predicted octanol–water partition coefficient (Wildman–Crippen LogP) is 3.32. The first-order valence-electron chi connectivity index (χ1n) is 7.92. The summed E-state index contributed by atoms with van der Waals surface area (Å²) in [5.41, 5.74) is -3.29. The molecule has 2 aromatic carbocycles. The lowest BCUT2D eigenvalue weighted by molar-refractivity contribution is -0.0496. The number of nitrogens with zero attached hydrogens (tertiary/aromatic N) is 1. The van der Waals surface area contributed by atoms with Gasteiger partial charge in [0.15, 0.2) is 0 Å². The molecular weight excluding hydrogens is 403 g/mol. The molecule has 0 spiro atoms. The first-order valence-corrected chi connectivity index (χ1v) is 10.4. The van der Waals surface area contributed by atoms with E-state index in [1.54, 1.807) is 36.4 Å². The number of halogens is 3. The molecule has 1 aliphatic heterocycles. The highest BCUT2D eigenvalue weighted by Crippen LogP contribution is 2.34. The number of hydrogen-bond acceptors (Lipinski definition) is 4. The molecule has 1 heterocycles. The molecular formula is C17H16F3NO4S2. The predicted molar refractivity (Wildman–Crippen MR) is 94.9 cm³/mol. The van der Waals surface area contributed by atoms with Crippen LogP contribution in [-0.4, -0.2) is 30.8 Å². The molecule has 0 N–H and O–H groups in total. The number of rotatable bonds is 4. The molecule has 27 heavy (non-hydrogen) atoms. The van der Waals surface area contributed by atoms with Crippen LogP contribution >= 0.6 is 0 Å². The molecule has 0 radical (unpaired) electrons. The fraction of sp³-hybridized carbons (Fsp3) is 0.294. The number of sulfonamides is 1. The second-order valence-electron chi connectivity index (χ2n) is 6.08. The van der Waals surface area contributed by atoms with Gasteiger partial charge >= 0.3 is 5.51 Å². The van der Waals surface area contributed by atoms with Crippen molar-refractivity contribution < 1.29 is 30.0 Å². The molecule has 0 saturated heterocycles. The van der Waals surface area contributed by atoms with Crippen LogP contribution in [0.1, 0.15) is 11.1 Å². The lowest BCUT2D eigenvalue weighted by Gasteiger charge is -2.34. The number of fused-ring (bicyclic) bond motifs is 1. The quantitative estimate of drug-likeness (QED) is 0.763. The number of benzene rings is 2. The van der Waals surface area contributed by atoms with Crippen molar-refractivity contribution >= 4 is 26.8 Å². The molecule has 1 aliphatic rings. The lowest BCUT2D eigenvalue weighted by Crippen LogP contribution is -2.44. The fourth-order valence-corrected chi connectivity index (χ4v) is 4.85. The van der Waals surface area contributed by atoms with E-state index in [9.17, 15) is 25.8 Å². The van der Waals surface area contributed by atoms with Crippen molar-refractivity contribution in [2.45, 2.75) is 29.9 Å². The Hall–Kier alpha value is -1.91. The normalized spacial score (nSPS) is 18.8. The Kier molecular flexibility index (Phi) is 5.33. The monoisotopic (exact) mass is 419 g/mol. The van der Waals surface area contributed by atoms with E-state index >= 15 is 0 Å². The van der Waals surface area contributed by atoms with Crippen molar-refractivity contribution in [3.63, 3.8) is 0 Å². The van der Waals surface area contributed by atoms with Gasteiger partial charge in [-0.3, -0.25) is 8.49 Å². The van der Waals surface area contributed by atoms with E-state index in [1.807, 2.05) is 6.92 Å².